The highest BCUT2D eigenvalue weighted by Gasteiger charge is 2.10. The summed E-state index contributed by atoms with van der Waals surface area (Å²) >= 11 is 1.53. The van der Waals surface area contributed by atoms with Gasteiger partial charge in [-0.05, 0) is 12.7 Å². The van der Waals surface area contributed by atoms with Crippen molar-refractivity contribution >= 4 is 23.4 Å². The minimum atomic E-state index is 0.286. The number of thioether (sulfide) groups is 1. The summed E-state index contributed by atoms with van der Waals surface area (Å²) in [6.45, 7) is 2.85. The van der Waals surface area contributed by atoms with Crippen LogP contribution in [0, 0.1) is 0 Å². The Hall–Kier alpha value is -1.01. The highest BCUT2D eigenvalue weighted by atomic mass is 32.2. The van der Waals surface area contributed by atoms with E-state index in [4.69, 9.17) is 4.74 Å². The van der Waals surface area contributed by atoms with Crippen molar-refractivity contribution in [2.45, 2.75) is 31.0 Å². The lowest BCUT2D eigenvalue weighted by atomic mass is 10.2. The van der Waals surface area contributed by atoms with Gasteiger partial charge in [-0.25, -0.2) is 9.97 Å². The van der Waals surface area contributed by atoms with Crippen LogP contribution in [-0.4, -0.2) is 43.0 Å². The molecule has 102 valence electrons. The van der Waals surface area contributed by atoms with Crippen LogP contribution in [0.3, 0.4) is 0 Å². The largest absolute Gasteiger partial charge is 0.383 e. The predicted molar refractivity (Wildman–Crippen MR) is 77.6 cm³/mol. The van der Waals surface area contributed by atoms with Gasteiger partial charge < -0.3 is 15.4 Å². The molecule has 0 aliphatic carbocycles. The van der Waals surface area contributed by atoms with Crippen molar-refractivity contribution in [2.75, 3.05) is 37.7 Å². The molecule has 5 nitrogen and oxygen atoms in total. The summed E-state index contributed by atoms with van der Waals surface area (Å²) in [6.07, 6.45) is 4.14. The van der Waals surface area contributed by atoms with Gasteiger partial charge in [0.1, 0.15) is 11.6 Å². The number of rotatable bonds is 8. The number of methoxy groups -OCH3 is 1. The zero-order valence-corrected chi connectivity index (χ0v) is 12.3. The number of hydrogen-bond donors (Lipinski definition) is 2. The first-order valence-electron chi connectivity index (χ1n) is 6.09. The van der Waals surface area contributed by atoms with Gasteiger partial charge in [-0.3, -0.25) is 0 Å². The van der Waals surface area contributed by atoms with Gasteiger partial charge in [0.25, 0.3) is 0 Å². The van der Waals surface area contributed by atoms with Crippen LogP contribution in [0.15, 0.2) is 11.2 Å². The summed E-state index contributed by atoms with van der Waals surface area (Å²) in [5.74, 6) is 1.67. The monoisotopic (exact) mass is 270 g/mol. The topological polar surface area (TPSA) is 59.1 Å². The standard InChI is InChI=1S/C12H22N4OS/c1-5-6-9(8-17-3)14-11-7-10(13-2)15-12(16-11)18-4/h7,9H,5-6,8H2,1-4H3,(H2,13,14,15,16). The molecule has 0 radical (unpaired) electrons. The van der Waals surface area contributed by atoms with E-state index in [1.165, 1.54) is 11.8 Å². The molecule has 1 aromatic heterocycles. The quantitative estimate of drug-likeness (QED) is 0.559. The number of hydrogen-bond acceptors (Lipinski definition) is 6. The van der Waals surface area contributed by atoms with E-state index in [0.717, 1.165) is 29.6 Å². The molecule has 0 bridgehead atoms. The predicted octanol–water partition coefficient (Wildman–Crippen LogP) is 2.47. The van der Waals surface area contributed by atoms with Gasteiger partial charge in [0.15, 0.2) is 5.16 Å². The Morgan fingerprint density at radius 3 is 2.67 bits per heavy atom. The summed E-state index contributed by atoms with van der Waals surface area (Å²) in [4.78, 5) is 8.79. The molecule has 0 aliphatic heterocycles. The van der Waals surface area contributed by atoms with Gasteiger partial charge in [-0.15, -0.1) is 0 Å². The SMILES string of the molecule is CCCC(COC)Nc1cc(NC)nc(SC)n1. The molecule has 1 heterocycles. The van der Waals surface area contributed by atoms with Gasteiger partial charge >= 0.3 is 0 Å². The first-order valence-corrected chi connectivity index (χ1v) is 7.32. The van der Waals surface area contributed by atoms with Gasteiger partial charge in [0.05, 0.1) is 12.6 Å². The fraction of sp³-hybridized carbons (Fsp3) is 0.667. The van der Waals surface area contributed by atoms with E-state index in [1.54, 1.807) is 7.11 Å². The highest BCUT2D eigenvalue weighted by molar-refractivity contribution is 7.98. The Labute approximate surface area is 113 Å². The lowest BCUT2D eigenvalue weighted by molar-refractivity contribution is 0.182. The maximum Gasteiger partial charge on any atom is 0.191 e. The Morgan fingerprint density at radius 2 is 2.11 bits per heavy atom. The maximum absolute atomic E-state index is 5.22. The Morgan fingerprint density at radius 1 is 1.39 bits per heavy atom. The van der Waals surface area contributed by atoms with Crippen molar-refractivity contribution in [3.05, 3.63) is 6.07 Å². The van der Waals surface area contributed by atoms with Crippen LogP contribution in [-0.2, 0) is 4.74 Å². The van der Waals surface area contributed by atoms with E-state index in [1.807, 2.05) is 19.4 Å². The number of nitrogens with one attached hydrogen (secondary N) is 2. The molecule has 18 heavy (non-hydrogen) atoms. The second kappa shape index (κ2) is 8.16. The third kappa shape index (κ3) is 4.70. The Kier molecular flexibility index (Phi) is 6.82. The normalized spacial score (nSPS) is 12.2. The zero-order chi connectivity index (χ0) is 13.4. The average Bonchev–Trinajstić information content (AvgIpc) is 2.38. The zero-order valence-electron chi connectivity index (χ0n) is 11.5. The maximum atomic E-state index is 5.22. The number of ether oxygens (including phenoxy) is 1. The molecule has 0 aromatic carbocycles. The van der Waals surface area contributed by atoms with E-state index in [-0.39, 0.29) is 6.04 Å². The third-order valence-electron chi connectivity index (χ3n) is 2.50. The molecule has 0 fully saturated rings. The lowest BCUT2D eigenvalue weighted by Gasteiger charge is -2.18. The molecule has 1 rings (SSSR count). The van der Waals surface area contributed by atoms with Crippen LogP contribution in [0.5, 0.6) is 0 Å². The van der Waals surface area contributed by atoms with E-state index in [2.05, 4.69) is 27.5 Å². The molecular formula is C12H22N4OS. The second-order valence-electron chi connectivity index (χ2n) is 3.96. The number of nitrogens with zero attached hydrogens (tertiary/aromatic N) is 2. The molecule has 1 unspecified atom stereocenters. The summed E-state index contributed by atoms with van der Waals surface area (Å²) in [5, 5.41) is 7.21. The van der Waals surface area contributed by atoms with Crippen molar-refractivity contribution in [3.63, 3.8) is 0 Å². The molecule has 0 amide bonds. The molecule has 0 saturated carbocycles. The second-order valence-corrected chi connectivity index (χ2v) is 4.73. The van der Waals surface area contributed by atoms with Gasteiger partial charge in [0.2, 0.25) is 0 Å². The van der Waals surface area contributed by atoms with Gasteiger partial charge in [-0.1, -0.05) is 25.1 Å². The minimum absolute atomic E-state index is 0.286. The lowest BCUT2D eigenvalue weighted by Crippen LogP contribution is -2.25. The number of anilines is 2. The van der Waals surface area contributed by atoms with E-state index < -0.39 is 0 Å². The molecule has 6 heteroatoms. The van der Waals surface area contributed by atoms with Crippen LogP contribution in [0.25, 0.3) is 0 Å². The van der Waals surface area contributed by atoms with Crippen LogP contribution in [0.4, 0.5) is 11.6 Å². The van der Waals surface area contributed by atoms with Crippen molar-refractivity contribution < 1.29 is 4.74 Å². The average molecular weight is 270 g/mol. The Bertz CT molecular complexity index is 334. The van der Waals surface area contributed by atoms with Crippen LogP contribution in [0.1, 0.15) is 19.8 Å². The number of aromatic nitrogens is 2. The smallest absolute Gasteiger partial charge is 0.191 e. The van der Waals surface area contributed by atoms with Crippen LogP contribution < -0.4 is 10.6 Å². The first-order chi connectivity index (χ1) is 8.73. The van der Waals surface area contributed by atoms with Crippen molar-refractivity contribution in [1.82, 2.24) is 9.97 Å². The molecular weight excluding hydrogens is 248 g/mol. The highest BCUT2D eigenvalue weighted by Crippen LogP contribution is 2.18. The molecule has 1 atom stereocenters. The van der Waals surface area contributed by atoms with Crippen molar-refractivity contribution in [2.24, 2.45) is 0 Å². The molecule has 1 aromatic rings. The summed E-state index contributed by atoms with van der Waals surface area (Å²) in [6, 6.07) is 2.20. The summed E-state index contributed by atoms with van der Waals surface area (Å²) in [7, 11) is 3.57. The van der Waals surface area contributed by atoms with Crippen molar-refractivity contribution in [3.8, 4) is 0 Å². The molecule has 0 saturated heterocycles. The summed E-state index contributed by atoms with van der Waals surface area (Å²) < 4.78 is 5.22. The molecule has 0 aliphatic rings. The van der Waals surface area contributed by atoms with Gasteiger partial charge in [0, 0.05) is 20.2 Å². The molecule has 2 N–H and O–H groups in total. The van der Waals surface area contributed by atoms with Crippen molar-refractivity contribution in [1.29, 1.82) is 0 Å². The molecule has 0 spiro atoms. The van der Waals surface area contributed by atoms with Gasteiger partial charge in [-0.2, -0.15) is 0 Å². The fourth-order valence-electron chi connectivity index (χ4n) is 1.67. The summed E-state index contributed by atoms with van der Waals surface area (Å²) in [5.41, 5.74) is 0. The van der Waals surface area contributed by atoms with E-state index >= 15 is 0 Å². The first kappa shape index (κ1) is 15.0. The van der Waals surface area contributed by atoms with E-state index in [0.29, 0.717) is 6.61 Å². The third-order valence-corrected chi connectivity index (χ3v) is 3.05. The fourth-order valence-corrected chi connectivity index (χ4v) is 2.05. The Balaban J connectivity index is 2.80. The van der Waals surface area contributed by atoms with Crippen LogP contribution in [0.2, 0.25) is 0 Å². The van der Waals surface area contributed by atoms with E-state index in [9.17, 15) is 0 Å². The minimum Gasteiger partial charge on any atom is -0.383 e. The van der Waals surface area contributed by atoms with Crippen LogP contribution >= 0.6 is 11.8 Å².